The van der Waals surface area contributed by atoms with E-state index in [-0.39, 0.29) is 5.28 Å². The monoisotopic (exact) mass is 316 g/mol. The molecule has 0 bridgehead atoms. The number of rotatable bonds is 5. The van der Waals surface area contributed by atoms with Crippen molar-refractivity contribution in [3.05, 3.63) is 41.7 Å². The highest BCUT2D eigenvalue weighted by atomic mass is 35.5. The Hall–Kier alpha value is -1.65. The van der Waals surface area contributed by atoms with Crippen molar-refractivity contribution in [2.24, 2.45) is 0 Å². The second kappa shape index (κ2) is 7.07. The number of hydrogen-bond acceptors (Lipinski definition) is 4. The van der Waals surface area contributed by atoms with Crippen LogP contribution < -0.4 is 5.32 Å². The summed E-state index contributed by atoms with van der Waals surface area (Å²) in [6.45, 7) is 4.49. The zero-order valence-corrected chi connectivity index (χ0v) is 13.6. The van der Waals surface area contributed by atoms with E-state index in [0.717, 1.165) is 36.6 Å². The minimum Gasteiger partial charge on any atom is -0.354 e. The number of likely N-dealkylation sites (tertiary alicyclic amines) is 1. The second-order valence-corrected chi connectivity index (χ2v) is 5.92. The molecule has 2 heterocycles. The Labute approximate surface area is 136 Å². The molecule has 1 aliphatic heterocycles. The van der Waals surface area contributed by atoms with Crippen molar-refractivity contribution in [3.63, 3.8) is 0 Å². The van der Waals surface area contributed by atoms with Gasteiger partial charge in [0.05, 0.1) is 11.9 Å². The number of nitrogens with zero attached hydrogens (tertiary/aromatic N) is 3. The van der Waals surface area contributed by atoms with Gasteiger partial charge in [-0.3, -0.25) is 4.90 Å². The van der Waals surface area contributed by atoms with Gasteiger partial charge in [-0.15, -0.1) is 0 Å². The van der Waals surface area contributed by atoms with Gasteiger partial charge in [0.15, 0.2) is 0 Å². The smallest absolute Gasteiger partial charge is 0.224 e. The van der Waals surface area contributed by atoms with E-state index in [9.17, 15) is 0 Å². The molecule has 1 aliphatic rings. The van der Waals surface area contributed by atoms with Crippen LogP contribution in [0.4, 0.5) is 5.82 Å². The third-order valence-electron chi connectivity index (χ3n) is 4.05. The largest absolute Gasteiger partial charge is 0.354 e. The number of anilines is 1. The number of aromatic nitrogens is 2. The minimum absolute atomic E-state index is 0.278. The van der Waals surface area contributed by atoms with E-state index in [1.165, 1.54) is 12.8 Å². The fraction of sp³-hybridized carbons (Fsp3) is 0.412. The van der Waals surface area contributed by atoms with Crippen LogP contribution in [0.2, 0.25) is 5.28 Å². The summed E-state index contributed by atoms with van der Waals surface area (Å²) in [5, 5.41) is 3.79. The van der Waals surface area contributed by atoms with Crippen LogP contribution in [0.5, 0.6) is 0 Å². The molecule has 1 saturated heterocycles. The SMILES string of the molecule is CCC(Nc1cc(-c2ccccc2)nc(Cl)n1)N1CCCC1. The van der Waals surface area contributed by atoms with Gasteiger partial charge in [0.2, 0.25) is 5.28 Å². The molecule has 5 heteroatoms. The molecular weight excluding hydrogens is 296 g/mol. The lowest BCUT2D eigenvalue weighted by Crippen LogP contribution is -2.38. The molecule has 1 N–H and O–H groups in total. The molecule has 1 unspecified atom stereocenters. The molecule has 0 spiro atoms. The number of hydrogen-bond donors (Lipinski definition) is 1. The number of halogens is 1. The summed E-state index contributed by atoms with van der Waals surface area (Å²) in [6.07, 6.45) is 3.88. The Morgan fingerprint density at radius 3 is 2.59 bits per heavy atom. The van der Waals surface area contributed by atoms with Gasteiger partial charge in [-0.2, -0.15) is 0 Å². The van der Waals surface area contributed by atoms with Crippen LogP contribution in [0.25, 0.3) is 11.3 Å². The highest BCUT2D eigenvalue weighted by Crippen LogP contribution is 2.23. The molecule has 0 aliphatic carbocycles. The molecule has 0 radical (unpaired) electrons. The maximum absolute atomic E-state index is 6.11. The molecule has 0 saturated carbocycles. The van der Waals surface area contributed by atoms with Crippen LogP contribution >= 0.6 is 11.6 Å². The van der Waals surface area contributed by atoms with Crippen molar-refractivity contribution in [3.8, 4) is 11.3 Å². The maximum Gasteiger partial charge on any atom is 0.224 e. The number of nitrogens with one attached hydrogen (secondary N) is 1. The van der Waals surface area contributed by atoms with Crippen molar-refractivity contribution in [1.82, 2.24) is 14.9 Å². The van der Waals surface area contributed by atoms with Gasteiger partial charge in [-0.25, -0.2) is 9.97 Å². The van der Waals surface area contributed by atoms with Gasteiger partial charge in [0.1, 0.15) is 5.82 Å². The predicted octanol–water partition coefficient (Wildman–Crippen LogP) is 4.04. The van der Waals surface area contributed by atoms with E-state index < -0.39 is 0 Å². The van der Waals surface area contributed by atoms with E-state index in [1.54, 1.807) is 0 Å². The van der Waals surface area contributed by atoms with Crippen LogP contribution in [0, 0.1) is 0 Å². The summed E-state index contributed by atoms with van der Waals surface area (Å²) < 4.78 is 0. The van der Waals surface area contributed by atoms with Crippen molar-refractivity contribution in [2.75, 3.05) is 18.4 Å². The highest BCUT2D eigenvalue weighted by molar-refractivity contribution is 6.28. The van der Waals surface area contributed by atoms with Gasteiger partial charge in [0, 0.05) is 24.7 Å². The third-order valence-corrected chi connectivity index (χ3v) is 4.22. The van der Waals surface area contributed by atoms with E-state index in [4.69, 9.17) is 11.6 Å². The summed E-state index contributed by atoms with van der Waals surface area (Å²) >= 11 is 6.11. The Morgan fingerprint density at radius 2 is 1.91 bits per heavy atom. The highest BCUT2D eigenvalue weighted by Gasteiger charge is 2.20. The van der Waals surface area contributed by atoms with Crippen LogP contribution in [0.1, 0.15) is 26.2 Å². The maximum atomic E-state index is 6.11. The van der Waals surface area contributed by atoms with Crippen molar-refractivity contribution >= 4 is 17.4 Å². The molecule has 2 aromatic rings. The first kappa shape index (κ1) is 15.3. The van der Waals surface area contributed by atoms with Crippen LogP contribution in [-0.4, -0.2) is 34.1 Å². The first-order valence-corrected chi connectivity index (χ1v) is 8.24. The van der Waals surface area contributed by atoms with E-state index in [2.05, 4.69) is 27.1 Å². The average molecular weight is 317 g/mol. The van der Waals surface area contributed by atoms with Gasteiger partial charge >= 0.3 is 0 Å². The molecule has 116 valence electrons. The minimum atomic E-state index is 0.278. The zero-order valence-electron chi connectivity index (χ0n) is 12.8. The molecular formula is C17H21ClN4. The van der Waals surface area contributed by atoms with Gasteiger partial charge in [-0.1, -0.05) is 37.3 Å². The molecule has 0 amide bonds. The fourth-order valence-corrected chi connectivity index (χ4v) is 3.11. The molecule has 4 nitrogen and oxygen atoms in total. The lowest BCUT2D eigenvalue weighted by Gasteiger charge is -2.27. The van der Waals surface area contributed by atoms with Crippen molar-refractivity contribution in [1.29, 1.82) is 0 Å². The standard InChI is InChI=1S/C17H21ClN4/c1-2-16(22-10-6-7-11-22)20-15-12-14(19-17(18)21-15)13-8-4-3-5-9-13/h3-5,8-9,12,16H,2,6-7,10-11H2,1H3,(H,19,20,21). The second-order valence-electron chi connectivity index (χ2n) is 5.58. The van der Waals surface area contributed by atoms with E-state index >= 15 is 0 Å². The third kappa shape index (κ3) is 3.57. The topological polar surface area (TPSA) is 41.1 Å². The van der Waals surface area contributed by atoms with E-state index in [1.807, 2.05) is 36.4 Å². The van der Waals surface area contributed by atoms with Crippen LogP contribution in [-0.2, 0) is 0 Å². The quantitative estimate of drug-likeness (QED) is 0.845. The van der Waals surface area contributed by atoms with Crippen molar-refractivity contribution in [2.45, 2.75) is 32.4 Å². The lowest BCUT2D eigenvalue weighted by atomic mass is 10.1. The molecule has 1 atom stereocenters. The van der Waals surface area contributed by atoms with Gasteiger partial charge < -0.3 is 5.32 Å². The van der Waals surface area contributed by atoms with E-state index in [0.29, 0.717) is 6.17 Å². The molecule has 3 rings (SSSR count). The predicted molar refractivity (Wildman–Crippen MR) is 91.0 cm³/mol. The van der Waals surface area contributed by atoms with Crippen LogP contribution in [0.3, 0.4) is 0 Å². The number of benzene rings is 1. The van der Waals surface area contributed by atoms with Gasteiger partial charge in [-0.05, 0) is 30.9 Å². The summed E-state index contributed by atoms with van der Waals surface area (Å²) in [5.41, 5.74) is 1.89. The summed E-state index contributed by atoms with van der Waals surface area (Å²) in [4.78, 5) is 11.1. The van der Waals surface area contributed by atoms with Crippen molar-refractivity contribution < 1.29 is 0 Å². The Morgan fingerprint density at radius 1 is 1.18 bits per heavy atom. The first-order valence-electron chi connectivity index (χ1n) is 7.87. The fourth-order valence-electron chi connectivity index (χ4n) is 2.92. The summed E-state index contributed by atoms with van der Waals surface area (Å²) in [5.74, 6) is 0.789. The average Bonchev–Trinajstić information content (AvgIpc) is 3.07. The molecule has 1 aromatic carbocycles. The van der Waals surface area contributed by atoms with Crippen LogP contribution in [0.15, 0.2) is 36.4 Å². The zero-order chi connectivity index (χ0) is 15.4. The summed E-state index contributed by atoms with van der Waals surface area (Å²) in [7, 11) is 0. The lowest BCUT2D eigenvalue weighted by molar-refractivity contribution is 0.260. The molecule has 1 fully saturated rings. The Kier molecular flexibility index (Phi) is 4.90. The summed E-state index contributed by atoms with van der Waals surface area (Å²) in [6, 6.07) is 12.0. The van der Waals surface area contributed by atoms with Gasteiger partial charge in [0.25, 0.3) is 0 Å². The Balaban J connectivity index is 1.83. The normalized spacial score (nSPS) is 16.6. The molecule has 22 heavy (non-hydrogen) atoms. The Bertz CT molecular complexity index is 611. The first-order chi connectivity index (χ1) is 10.8. The molecule has 1 aromatic heterocycles.